The quantitative estimate of drug-likeness (QED) is 0.359. The van der Waals surface area contributed by atoms with Crippen LogP contribution in [0.3, 0.4) is 0 Å². The summed E-state index contributed by atoms with van der Waals surface area (Å²) in [4.78, 5) is 0. The lowest BCUT2D eigenvalue weighted by Gasteiger charge is -2.08. The molecule has 156 valence electrons. The van der Waals surface area contributed by atoms with Crippen molar-refractivity contribution in [2.75, 3.05) is 0 Å². The molecule has 2 heterocycles. The van der Waals surface area contributed by atoms with Gasteiger partial charge in [0, 0.05) is 13.8 Å². The van der Waals surface area contributed by atoms with Gasteiger partial charge in [0.25, 0.3) is 0 Å². The molecule has 31 heavy (non-hydrogen) atoms. The Bertz CT molecular complexity index is 1340. The Kier molecular flexibility index (Phi) is 6.10. The van der Waals surface area contributed by atoms with Gasteiger partial charge in [-0.05, 0) is 40.1 Å². The first-order valence-corrected chi connectivity index (χ1v) is 10.4. The minimum atomic E-state index is 0. The first kappa shape index (κ1) is 21.1. The second-order valence-electron chi connectivity index (χ2n) is 7.78. The van der Waals surface area contributed by atoms with Crippen LogP contribution in [0, 0.1) is 13.8 Å². The van der Waals surface area contributed by atoms with Crippen LogP contribution in [0.5, 0.6) is 5.75 Å². The molecule has 0 N–H and O–H groups in total. The number of hydrogen-bond acceptors (Lipinski definition) is 1. The molecule has 3 aromatic carbocycles. The average molecular weight is 473 g/mol. The summed E-state index contributed by atoms with van der Waals surface area (Å²) in [5, 5.41) is 2.54. The van der Waals surface area contributed by atoms with Gasteiger partial charge in [-0.3, -0.25) is 0 Å². The molecule has 5 rings (SSSR count). The van der Waals surface area contributed by atoms with Crippen molar-refractivity contribution in [3.05, 3.63) is 114 Å². The molecule has 0 amide bonds. The predicted molar refractivity (Wildman–Crippen MR) is 121 cm³/mol. The maximum Gasteiger partial charge on any atom is 0.329 e. The number of fused-ring (bicyclic) bond motifs is 2. The van der Waals surface area contributed by atoms with Gasteiger partial charge in [-0.1, -0.05) is 66.7 Å². The van der Waals surface area contributed by atoms with Gasteiger partial charge in [-0.15, -0.1) is 0 Å². The summed E-state index contributed by atoms with van der Waals surface area (Å²) < 4.78 is 10.9. The number of nitrogens with zero attached hydrogens (tertiary/aromatic N) is 2. The third kappa shape index (κ3) is 4.08. The SMILES string of the molecule is Cc1c(C)[n+]2cccc(OCc3ccccc3)c2n1Cc1ccc2ccccc2c1.[Br-]. The van der Waals surface area contributed by atoms with Crippen molar-refractivity contribution < 1.29 is 26.1 Å². The third-order valence-corrected chi connectivity index (χ3v) is 5.87. The molecule has 0 aliphatic carbocycles. The van der Waals surface area contributed by atoms with Gasteiger partial charge in [0.1, 0.15) is 24.5 Å². The Morgan fingerprint density at radius 2 is 1.52 bits per heavy atom. The van der Waals surface area contributed by atoms with Crippen molar-refractivity contribution in [3.8, 4) is 5.75 Å². The largest absolute Gasteiger partial charge is 1.00 e. The fourth-order valence-corrected chi connectivity index (χ4v) is 4.10. The Hall–Kier alpha value is -3.11. The van der Waals surface area contributed by atoms with Crippen LogP contribution in [0.1, 0.15) is 22.5 Å². The first-order valence-electron chi connectivity index (χ1n) is 10.4. The van der Waals surface area contributed by atoms with Crippen molar-refractivity contribution in [2.45, 2.75) is 27.0 Å². The van der Waals surface area contributed by atoms with E-state index in [1.165, 1.54) is 33.3 Å². The van der Waals surface area contributed by atoms with Crippen LogP contribution in [0.2, 0.25) is 0 Å². The maximum absolute atomic E-state index is 6.28. The molecule has 0 atom stereocenters. The molecule has 0 fully saturated rings. The molecule has 0 aliphatic rings. The first-order chi connectivity index (χ1) is 14.7. The lowest BCUT2D eigenvalue weighted by Crippen LogP contribution is -3.00. The van der Waals surface area contributed by atoms with E-state index in [2.05, 4.69) is 95.7 Å². The zero-order valence-electron chi connectivity index (χ0n) is 17.8. The number of rotatable bonds is 5. The number of aromatic nitrogens is 2. The second kappa shape index (κ2) is 8.94. The van der Waals surface area contributed by atoms with Crippen LogP contribution >= 0.6 is 0 Å². The van der Waals surface area contributed by atoms with Gasteiger partial charge in [-0.2, -0.15) is 4.40 Å². The summed E-state index contributed by atoms with van der Waals surface area (Å²) in [7, 11) is 0. The summed E-state index contributed by atoms with van der Waals surface area (Å²) >= 11 is 0. The summed E-state index contributed by atoms with van der Waals surface area (Å²) in [6, 6.07) is 29.7. The highest BCUT2D eigenvalue weighted by Gasteiger charge is 2.24. The number of imidazole rings is 1. The number of halogens is 1. The minimum Gasteiger partial charge on any atom is -1.00 e. The molecule has 5 aromatic rings. The van der Waals surface area contributed by atoms with E-state index in [9.17, 15) is 0 Å². The van der Waals surface area contributed by atoms with Gasteiger partial charge in [0.2, 0.25) is 5.75 Å². The van der Waals surface area contributed by atoms with E-state index in [0.29, 0.717) is 6.61 Å². The van der Waals surface area contributed by atoms with Crippen molar-refractivity contribution in [1.82, 2.24) is 4.57 Å². The van der Waals surface area contributed by atoms with Crippen LogP contribution in [0.4, 0.5) is 0 Å². The van der Waals surface area contributed by atoms with Crippen LogP contribution in [-0.2, 0) is 13.2 Å². The Labute approximate surface area is 193 Å². The molecule has 3 nitrogen and oxygen atoms in total. The molecule has 0 unspecified atom stereocenters. The number of aryl methyl sites for hydroxylation is 1. The Morgan fingerprint density at radius 3 is 2.32 bits per heavy atom. The molecule has 0 bridgehead atoms. The number of ether oxygens (including phenoxy) is 1. The monoisotopic (exact) mass is 472 g/mol. The fraction of sp³-hybridized carbons (Fsp3) is 0.148. The second-order valence-corrected chi connectivity index (χ2v) is 7.78. The number of pyridine rings is 1. The summed E-state index contributed by atoms with van der Waals surface area (Å²) in [5.41, 5.74) is 6.03. The molecule has 4 heteroatoms. The summed E-state index contributed by atoms with van der Waals surface area (Å²) in [6.07, 6.45) is 2.12. The zero-order valence-corrected chi connectivity index (χ0v) is 19.3. The van der Waals surface area contributed by atoms with E-state index in [-0.39, 0.29) is 17.0 Å². The van der Waals surface area contributed by atoms with Gasteiger partial charge < -0.3 is 21.7 Å². The van der Waals surface area contributed by atoms with Crippen LogP contribution in [0.15, 0.2) is 91.1 Å². The highest BCUT2D eigenvalue weighted by molar-refractivity contribution is 5.83. The molecule has 2 aromatic heterocycles. The van der Waals surface area contributed by atoms with Crippen LogP contribution < -0.4 is 26.1 Å². The molecule has 0 saturated carbocycles. The van der Waals surface area contributed by atoms with Gasteiger partial charge in [0.15, 0.2) is 0 Å². The van der Waals surface area contributed by atoms with Crippen molar-refractivity contribution >= 4 is 16.4 Å². The smallest absolute Gasteiger partial charge is 0.329 e. The summed E-state index contributed by atoms with van der Waals surface area (Å²) in [6.45, 7) is 5.71. The van der Waals surface area contributed by atoms with Crippen molar-refractivity contribution in [1.29, 1.82) is 0 Å². The lowest BCUT2D eigenvalue weighted by atomic mass is 10.1. The number of hydrogen-bond donors (Lipinski definition) is 0. The zero-order chi connectivity index (χ0) is 20.5. The topological polar surface area (TPSA) is 18.3 Å². The predicted octanol–water partition coefficient (Wildman–Crippen LogP) is 2.63. The molecule has 0 spiro atoms. The van der Waals surface area contributed by atoms with E-state index in [1.54, 1.807) is 0 Å². The molecular weight excluding hydrogens is 448 g/mol. The fourth-order valence-electron chi connectivity index (χ4n) is 4.10. The number of benzene rings is 3. The third-order valence-electron chi connectivity index (χ3n) is 5.87. The molecule has 0 radical (unpaired) electrons. The maximum atomic E-state index is 6.28. The average Bonchev–Trinajstić information content (AvgIpc) is 3.04. The molecular formula is C27H25BrN2O. The molecule has 0 aliphatic heterocycles. The van der Waals surface area contributed by atoms with Gasteiger partial charge in [0.05, 0.1) is 6.20 Å². The standard InChI is InChI=1S/C27H25N2O.BrH/c1-20-21(2)29(18-23-14-15-24-11-6-7-12-25(24)17-23)27-26(13-8-16-28(20)27)30-19-22-9-4-3-5-10-22;/h3-17H,18-19H2,1-2H3;1H/q+1;/p-1. The van der Waals surface area contributed by atoms with Crippen molar-refractivity contribution in [3.63, 3.8) is 0 Å². The van der Waals surface area contributed by atoms with Gasteiger partial charge >= 0.3 is 5.65 Å². The highest BCUT2D eigenvalue weighted by atomic mass is 79.9. The van der Waals surface area contributed by atoms with Gasteiger partial charge in [-0.25, -0.2) is 4.57 Å². The van der Waals surface area contributed by atoms with Crippen LogP contribution in [-0.4, -0.2) is 4.57 Å². The van der Waals surface area contributed by atoms with Crippen LogP contribution in [0.25, 0.3) is 16.4 Å². The highest BCUT2D eigenvalue weighted by Crippen LogP contribution is 2.24. The molecule has 0 saturated heterocycles. The minimum absolute atomic E-state index is 0. The van der Waals surface area contributed by atoms with Crippen molar-refractivity contribution in [2.24, 2.45) is 0 Å². The van der Waals surface area contributed by atoms with E-state index < -0.39 is 0 Å². The summed E-state index contributed by atoms with van der Waals surface area (Å²) in [5.74, 6) is 0.901. The Balaban J connectivity index is 0.00000231. The van der Waals surface area contributed by atoms with E-state index in [0.717, 1.165) is 17.9 Å². The van der Waals surface area contributed by atoms with E-state index in [4.69, 9.17) is 4.74 Å². The van der Waals surface area contributed by atoms with E-state index in [1.807, 2.05) is 18.2 Å². The Morgan fingerprint density at radius 1 is 0.774 bits per heavy atom. The lowest BCUT2D eigenvalue weighted by molar-refractivity contribution is -0.519. The normalized spacial score (nSPS) is 10.9. The van der Waals surface area contributed by atoms with E-state index >= 15 is 0 Å².